The molecule has 4 rings (SSSR count). The van der Waals surface area contributed by atoms with Crippen LogP contribution >= 0.6 is 0 Å². The van der Waals surface area contributed by atoms with Gasteiger partial charge < -0.3 is 14.6 Å². The molecule has 0 aliphatic carbocycles. The van der Waals surface area contributed by atoms with Crippen LogP contribution in [0.2, 0.25) is 0 Å². The van der Waals surface area contributed by atoms with Gasteiger partial charge in [-0.05, 0) is 55.0 Å². The molecule has 0 bridgehead atoms. The summed E-state index contributed by atoms with van der Waals surface area (Å²) in [5.74, 6) is 5.85. The predicted molar refractivity (Wildman–Crippen MR) is 145 cm³/mol. The van der Waals surface area contributed by atoms with Crippen molar-refractivity contribution in [3.8, 4) is 17.6 Å². The molecule has 3 aromatic rings. The first-order valence-corrected chi connectivity index (χ1v) is 13.0. The van der Waals surface area contributed by atoms with Crippen LogP contribution < -0.4 is 4.74 Å². The van der Waals surface area contributed by atoms with Gasteiger partial charge in [0.05, 0.1) is 36.8 Å². The molecule has 1 aromatic heterocycles. The van der Waals surface area contributed by atoms with Crippen molar-refractivity contribution in [2.24, 2.45) is 5.92 Å². The Labute approximate surface area is 219 Å². The minimum Gasteiger partial charge on any atom is -0.486 e. The van der Waals surface area contributed by atoms with Gasteiger partial charge >= 0.3 is 5.97 Å². The molecule has 2 aromatic carbocycles. The van der Waals surface area contributed by atoms with Crippen molar-refractivity contribution in [1.29, 1.82) is 0 Å². The summed E-state index contributed by atoms with van der Waals surface area (Å²) in [4.78, 5) is 13.6. The lowest BCUT2D eigenvalue weighted by Crippen LogP contribution is -2.35. The van der Waals surface area contributed by atoms with Crippen LogP contribution in [0.4, 0.5) is 0 Å². The number of aryl methyl sites for hydroxylation is 1. The van der Waals surface area contributed by atoms with Crippen LogP contribution in [-0.2, 0) is 16.1 Å². The van der Waals surface area contributed by atoms with Crippen LogP contribution in [0.25, 0.3) is 10.9 Å². The Balaban J connectivity index is 1.56. The zero-order valence-electron chi connectivity index (χ0n) is 22.2. The Bertz CT molecular complexity index is 1260. The number of aromatic amines is 1. The second-order valence-electron chi connectivity index (χ2n) is 10.1. The highest BCUT2D eigenvalue weighted by molar-refractivity contribution is 5.85. The first-order chi connectivity index (χ1) is 17.9. The van der Waals surface area contributed by atoms with Gasteiger partial charge in [0, 0.05) is 25.0 Å². The third-order valence-electron chi connectivity index (χ3n) is 6.88. The minimum atomic E-state index is -0.859. The Morgan fingerprint density at radius 2 is 1.92 bits per heavy atom. The largest absolute Gasteiger partial charge is 0.486 e. The standard InChI is InChI=1S/C30H37N3O4/c1-5-6-23(18-29(34)35)22-7-9-24(10-8-22)37-28(17-20(2)3)25-11-12-26-27(31-32-30(26)21(25)4)19-33-13-15-36-16-14-33/h7-12,20,23,28H,13-19H2,1-4H3,(H,31,32)(H,34,35). The molecular weight excluding hydrogens is 466 g/mol. The van der Waals surface area contributed by atoms with Gasteiger partial charge in [-0.25, -0.2) is 0 Å². The second kappa shape index (κ2) is 12.3. The number of hydrogen-bond donors (Lipinski definition) is 2. The zero-order chi connectivity index (χ0) is 26.4. The molecule has 196 valence electrons. The van der Waals surface area contributed by atoms with Crippen molar-refractivity contribution in [1.82, 2.24) is 15.1 Å². The maximum atomic E-state index is 11.2. The van der Waals surface area contributed by atoms with Crippen LogP contribution in [0.15, 0.2) is 36.4 Å². The van der Waals surface area contributed by atoms with Gasteiger partial charge in [-0.2, -0.15) is 5.10 Å². The van der Waals surface area contributed by atoms with E-state index >= 15 is 0 Å². The number of carbonyl (C=O) groups is 1. The molecule has 1 saturated heterocycles. The number of aromatic nitrogens is 2. The number of carboxylic acid groups (broad SMARTS) is 1. The lowest BCUT2D eigenvalue weighted by molar-refractivity contribution is -0.137. The summed E-state index contributed by atoms with van der Waals surface area (Å²) in [6.45, 7) is 12.5. The molecular formula is C30H37N3O4. The number of ether oxygens (including phenoxy) is 2. The summed E-state index contributed by atoms with van der Waals surface area (Å²) in [5, 5.41) is 18.3. The third kappa shape index (κ3) is 6.71. The molecule has 7 heteroatoms. The number of carboxylic acids is 1. The number of nitrogens with zero attached hydrogens (tertiary/aromatic N) is 2. The predicted octanol–water partition coefficient (Wildman–Crippen LogP) is 5.45. The number of rotatable bonds is 10. The van der Waals surface area contributed by atoms with Crippen LogP contribution in [0.5, 0.6) is 5.75 Å². The van der Waals surface area contributed by atoms with Crippen LogP contribution in [-0.4, -0.2) is 52.5 Å². The summed E-state index contributed by atoms with van der Waals surface area (Å²) in [5.41, 5.74) is 5.27. The number of aliphatic carboxylic acids is 1. The molecule has 0 saturated carbocycles. The smallest absolute Gasteiger partial charge is 0.304 e. The van der Waals surface area contributed by atoms with Crippen LogP contribution in [0, 0.1) is 24.7 Å². The summed E-state index contributed by atoms with van der Waals surface area (Å²) >= 11 is 0. The molecule has 0 amide bonds. The Morgan fingerprint density at radius 3 is 2.57 bits per heavy atom. The Hall–Kier alpha value is -3.34. The molecule has 2 heterocycles. The normalized spacial score (nSPS) is 15.8. The van der Waals surface area contributed by atoms with E-state index in [-0.39, 0.29) is 18.4 Å². The molecule has 2 atom stereocenters. The van der Waals surface area contributed by atoms with E-state index < -0.39 is 5.97 Å². The van der Waals surface area contributed by atoms with Crippen molar-refractivity contribution in [3.05, 3.63) is 58.8 Å². The molecule has 1 aliphatic heterocycles. The van der Waals surface area contributed by atoms with Crippen molar-refractivity contribution in [2.45, 2.75) is 59.1 Å². The van der Waals surface area contributed by atoms with E-state index in [9.17, 15) is 9.90 Å². The third-order valence-corrected chi connectivity index (χ3v) is 6.88. The van der Waals surface area contributed by atoms with Gasteiger partial charge in [0.15, 0.2) is 0 Å². The number of fused-ring (bicyclic) bond motifs is 1. The summed E-state index contributed by atoms with van der Waals surface area (Å²) in [7, 11) is 0. The Kier molecular flexibility index (Phi) is 8.86. The highest BCUT2D eigenvalue weighted by atomic mass is 16.5. The first-order valence-electron chi connectivity index (χ1n) is 13.0. The van der Waals surface area contributed by atoms with Gasteiger partial charge in [-0.15, -0.1) is 5.92 Å². The van der Waals surface area contributed by atoms with Gasteiger partial charge in [-0.1, -0.05) is 44.0 Å². The monoisotopic (exact) mass is 503 g/mol. The highest BCUT2D eigenvalue weighted by Gasteiger charge is 2.22. The first kappa shape index (κ1) is 26.7. The van der Waals surface area contributed by atoms with Gasteiger partial charge in [0.25, 0.3) is 0 Å². The van der Waals surface area contributed by atoms with E-state index in [0.29, 0.717) is 5.92 Å². The van der Waals surface area contributed by atoms with Crippen LogP contribution in [0.3, 0.4) is 0 Å². The molecule has 1 aliphatic rings. The molecule has 7 nitrogen and oxygen atoms in total. The van der Waals surface area contributed by atoms with E-state index in [4.69, 9.17) is 9.47 Å². The fraction of sp³-hybridized carbons (Fsp3) is 0.467. The fourth-order valence-electron chi connectivity index (χ4n) is 4.95. The topological polar surface area (TPSA) is 87.7 Å². The molecule has 0 spiro atoms. The highest BCUT2D eigenvalue weighted by Crippen LogP contribution is 2.34. The number of nitrogens with one attached hydrogen (secondary N) is 1. The van der Waals surface area contributed by atoms with E-state index in [2.05, 4.69) is 59.8 Å². The quantitative estimate of drug-likeness (QED) is 0.358. The summed E-state index contributed by atoms with van der Waals surface area (Å²) < 4.78 is 12.0. The maximum Gasteiger partial charge on any atom is 0.304 e. The van der Waals surface area contributed by atoms with Crippen LogP contribution in [0.1, 0.15) is 68.0 Å². The average molecular weight is 504 g/mol. The minimum absolute atomic E-state index is 0.0204. The maximum absolute atomic E-state index is 11.2. The van der Waals surface area contributed by atoms with Gasteiger partial charge in [0.2, 0.25) is 0 Å². The number of morpholine rings is 1. The van der Waals surface area contributed by atoms with E-state index in [1.807, 2.05) is 24.3 Å². The van der Waals surface area contributed by atoms with Gasteiger partial charge in [0.1, 0.15) is 11.9 Å². The second-order valence-corrected chi connectivity index (χ2v) is 10.1. The lowest BCUT2D eigenvalue weighted by Gasteiger charge is -2.26. The molecule has 2 N–H and O–H groups in total. The fourth-order valence-corrected chi connectivity index (χ4v) is 4.95. The number of benzene rings is 2. The van der Waals surface area contributed by atoms with Crippen molar-refractivity contribution in [3.63, 3.8) is 0 Å². The van der Waals surface area contributed by atoms with Crippen molar-refractivity contribution < 1.29 is 19.4 Å². The van der Waals surface area contributed by atoms with E-state index in [0.717, 1.165) is 78.3 Å². The molecule has 1 fully saturated rings. The summed E-state index contributed by atoms with van der Waals surface area (Å²) in [6, 6.07) is 12.0. The number of H-pyrrole nitrogens is 1. The van der Waals surface area contributed by atoms with Gasteiger partial charge in [-0.3, -0.25) is 14.8 Å². The zero-order valence-corrected chi connectivity index (χ0v) is 22.2. The molecule has 0 radical (unpaired) electrons. The SMILES string of the molecule is CC#CC(CC(=O)O)c1ccc(OC(CC(C)C)c2ccc3c(CN4CCOCC4)[nH]nc3c2C)cc1. The summed E-state index contributed by atoms with van der Waals surface area (Å²) in [6.07, 6.45) is 0.718. The Morgan fingerprint density at radius 1 is 1.19 bits per heavy atom. The van der Waals surface area contributed by atoms with Crippen molar-refractivity contribution >= 4 is 16.9 Å². The van der Waals surface area contributed by atoms with E-state index in [1.165, 1.54) is 0 Å². The average Bonchev–Trinajstić information content (AvgIpc) is 3.28. The van der Waals surface area contributed by atoms with E-state index in [1.54, 1.807) is 6.92 Å². The number of hydrogen-bond acceptors (Lipinski definition) is 5. The lowest BCUT2D eigenvalue weighted by atomic mass is 9.94. The molecule has 2 unspecified atom stereocenters. The van der Waals surface area contributed by atoms with Crippen molar-refractivity contribution in [2.75, 3.05) is 26.3 Å². The molecule has 37 heavy (non-hydrogen) atoms.